The largest absolute Gasteiger partial charge is 0.416 e. The first-order valence-electron chi connectivity index (χ1n) is 8.19. The summed E-state index contributed by atoms with van der Waals surface area (Å²) in [6, 6.07) is 5.49. The van der Waals surface area contributed by atoms with Crippen molar-refractivity contribution in [1.82, 2.24) is 10.6 Å². The molecule has 1 heterocycles. The minimum Gasteiger partial charge on any atom is -0.347 e. The summed E-state index contributed by atoms with van der Waals surface area (Å²) in [6.45, 7) is 0.890. The highest BCUT2D eigenvalue weighted by molar-refractivity contribution is 7.99. The molecule has 1 saturated heterocycles. The van der Waals surface area contributed by atoms with E-state index in [-0.39, 0.29) is 24.4 Å². The predicted octanol–water partition coefficient (Wildman–Crippen LogP) is 3.72. The van der Waals surface area contributed by atoms with Crippen LogP contribution < -0.4 is 10.6 Å². The fourth-order valence-corrected chi connectivity index (χ4v) is 4.25. The average molecular weight is 395 g/mol. The fourth-order valence-electron chi connectivity index (χ4n) is 3.30. The summed E-state index contributed by atoms with van der Waals surface area (Å²) < 4.78 is 38.9. The Bertz CT molecular complexity index is 602. The van der Waals surface area contributed by atoms with Gasteiger partial charge in [-0.15, -0.1) is 12.4 Å². The molecule has 0 aromatic heterocycles. The second kappa shape index (κ2) is 8.18. The molecule has 0 spiro atoms. The molecule has 1 atom stereocenters. The van der Waals surface area contributed by atoms with Gasteiger partial charge in [-0.2, -0.15) is 24.9 Å². The number of nitrogens with one attached hydrogen (secondary N) is 2. The maximum Gasteiger partial charge on any atom is 0.416 e. The molecule has 140 valence electrons. The van der Waals surface area contributed by atoms with Crippen LogP contribution >= 0.6 is 24.2 Å². The van der Waals surface area contributed by atoms with Gasteiger partial charge in [0, 0.05) is 30.5 Å². The molecule has 0 radical (unpaired) electrons. The average Bonchev–Trinajstić information content (AvgIpc) is 2.51. The monoisotopic (exact) mass is 394 g/mol. The van der Waals surface area contributed by atoms with Crippen molar-refractivity contribution in [3.8, 4) is 0 Å². The Hall–Kier alpha value is -0.920. The van der Waals surface area contributed by atoms with E-state index in [4.69, 9.17) is 0 Å². The quantitative estimate of drug-likeness (QED) is 0.817. The van der Waals surface area contributed by atoms with Gasteiger partial charge in [0.05, 0.1) is 11.1 Å². The van der Waals surface area contributed by atoms with Gasteiger partial charge < -0.3 is 10.6 Å². The molecule has 1 aromatic carbocycles. The van der Waals surface area contributed by atoms with Gasteiger partial charge in [0.15, 0.2) is 0 Å². The van der Waals surface area contributed by atoms with Crippen molar-refractivity contribution < 1.29 is 18.0 Å². The van der Waals surface area contributed by atoms with Crippen LogP contribution in [-0.2, 0) is 16.5 Å². The molecular formula is C17H22ClF3N2OS. The Labute approximate surface area is 155 Å². The third kappa shape index (κ3) is 4.83. The number of carbonyl (C=O) groups is 1. The van der Waals surface area contributed by atoms with Crippen molar-refractivity contribution in [3.63, 3.8) is 0 Å². The maximum atomic E-state index is 13.0. The zero-order valence-electron chi connectivity index (χ0n) is 13.7. The lowest BCUT2D eigenvalue weighted by Crippen LogP contribution is -2.52. The van der Waals surface area contributed by atoms with Gasteiger partial charge in [-0.25, -0.2) is 0 Å². The van der Waals surface area contributed by atoms with Gasteiger partial charge >= 0.3 is 6.18 Å². The first kappa shape index (κ1) is 20.4. The Balaban J connectivity index is 0.00000225. The van der Waals surface area contributed by atoms with Gasteiger partial charge in [-0.1, -0.05) is 12.1 Å². The molecule has 1 aliphatic heterocycles. The van der Waals surface area contributed by atoms with E-state index in [1.807, 2.05) is 11.8 Å². The summed E-state index contributed by atoms with van der Waals surface area (Å²) in [6.07, 6.45) is -1.71. The van der Waals surface area contributed by atoms with E-state index in [1.165, 1.54) is 12.1 Å². The molecule has 2 aliphatic rings. The van der Waals surface area contributed by atoms with Crippen LogP contribution in [0.3, 0.4) is 0 Å². The molecule has 2 N–H and O–H groups in total. The van der Waals surface area contributed by atoms with Crippen molar-refractivity contribution in [2.24, 2.45) is 0 Å². The molecule has 1 unspecified atom stereocenters. The molecule has 25 heavy (non-hydrogen) atoms. The second-order valence-corrected chi connectivity index (χ2v) is 7.64. The van der Waals surface area contributed by atoms with Crippen LogP contribution in [0.1, 0.15) is 36.8 Å². The van der Waals surface area contributed by atoms with E-state index < -0.39 is 17.3 Å². The van der Waals surface area contributed by atoms with Gasteiger partial charge in [0.25, 0.3) is 0 Å². The highest BCUT2D eigenvalue weighted by Gasteiger charge is 2.41. The molecule has 1 amide bonds. The Morgan fingerprint density at radius 2 is 2.12 bits per heavy atom. The summed E-state index contributed by atoms with van der Waals surface area (Å²) in [5, 5.41) is 6.33. The Morgan fingerprint density at radius 3 is 2.68 bits per heavy atom. The van der Waals surface area contributed by atoms with Crippen LogP contribution in [0.15, 0.2) is 24.3 Å². The maximum absolute atomic E-state index is 13.0. The predicted molar refractivity (Wildman–Crippen MR) is 96.1 cm³/mol. The second-order valence-electron chi connectivity index (χ2n) is 6.49. The highest BCUT2D eigenvalue weighted by Crippen LogP contribution is 2.43. The zero-order chi connectivity index (χ0) is 17.2. The van der Waals surface area contributed by atoms with Crippen molar-refractivity contribution in [2.45, 2.75) is 43.4 Å². The molecule has 1 saturated carbocycles. The summed E-state index contributed by atoms with van der Waals surface area (Å²) in [7, 11) is 0. The lowest BCUT2D eigenvalue weighted by molar-refractivity contribution is -0.137. The van der Waals surface area contributed by atoms with E-state index in [2.05, 4.69) is 10.6 Å². The van der Waals surface area contributed by atoms with Crippen molar-refractivity contribution in [3.05, 3.63) is 35.4 Å². The molecule has 3 nitrogen and oxygen atoms in total. The minimum absolute atomic E-state index is 0. The third-order valence-corrected chi connectivity index (χ3v) is 5.89. The SMILES string of the molecule is Cl.O=C(CC1CSCCN1)NC1(c2cccc(C(F)(F)F)c2)CCC1. The number of hydrogen-bond acceptors (Lipinski definition) is 3. The molecule has 3 rings (SSSR count). The lowest BCUT2D eigenvalue weighted by Gasteiger charge is -2.43. The van der Waals surface area contributed by atoms with E-state index in [0.717, 1.165) is 30.5 Å². The van der Waals surface area contributed by atoms with E-state index >= 15 is 0 Å². The van der Waals surface area contributed by atoms with E-state index in [1.54, 1.807) is 6.07 Å². The van der Waals surface area contributed by atoms with E-state index in [0.29, 0.717) is 24.8 Å². The standard InChI is InChI=1S/C17H21F3N2OS.ClH/c18-17(19,20)13-4-1-3-12(9-13)16(5-2-6-16)22-15(23)10-14-11-24-8-7-21-14;/h1,3-4,9,14,21H,2,5-8,10-11H2,(H,22,23);1H. The number of amides is 1. The summed E-state index contributed by atoms with van der Waals surface area (Å²) in [4.78, 5) is 12.4. The number of hydrogen-bond donors (Lipinski definition) is 2. The van der Waals surface area contributed by atoms with Crippen LogP contribution in [0, 0.1) is 0 Å². The third-order valence-electron chi connectivity index (χ3n) is 4.76. The lowest BCUT2D eigenvalue weighted by atomic mass is 9.71. The fraction of sp³-hybridized carbons (Fsp3) is 0.588. The van der Waals surface area contributed by atoms with Gasteiger partial charge in [-0.3, -0.25) is 4.79 Å². The van der Waals surface area contributed by atoms with Crippen LogP contribution in [-0.4, -0.2) is 30.0 Å². The molecule has 0 bridgehead atoms. The number of rotatable bonds is 4. The molecular weight excluding hydrogens is 373 g/mol. The van der Waals surface area contributed by atoms with Gasteiger partial charge in [0.2, 0.25) is 5.91 Å². The number of benzene rings is 1. The molecule has 1 aromatic rings. The first-order valence-corrected chi connectivity index (χ1v) is 9.34. The van der Waals surface area contributed by atoms with Crippen molar-refractivity contribution >= 4 is 30.1 Å². The Morgan fingerprint density at radius 1 is 1.36 bits per heavy atom. The number of halogens is 4. The zero-order valence-corrected chi connectivity index (χ0v) is 15.3. The summed E-state index contributed by atoms with van der Waals surface area (Å²) in [5.41, 5.74) is -0.742. The number of alkyl halides is 3. The Kier molecular flexibility index (Phi) is 6.68. The van der Waals surface area contributed by atoms with Crippen LogP contribution in [0.25, 0.3) is 0 Å². The van der Waals surface area contributed by atoms with E-state index in [9.17, 15) is 18.0 Å². The number of thioether (sulfide) groups is 1. The van der Waals surface area contributed by atoms with Crippen molar-refractivity contribution in [1.29, 1.82) is 0 Å². The number of carbonyl (C=O) groups excluding carboxylic acids is 1. The smallest absolute Gasteiger partial charge is 0.347 e. The summed E-state index contributed by atoms with van der Waals surface area (Å²) in [5.74, 6) is 1.85. The normalized spacial score (nSPS) is 22.4. The molecule has 1 aliphatic carbocycles. The van der Waals surface area contributed by atoms with Crippen LogP contribution in [0.2, 0.25) is 0 Å². The molecule has 2 fully saturated rings. The topological polar surface area (TPSA) is 41.1 Å². The van der Waals surface area contributed by atoms with Crippen LogP contribution in [0.5, 0.6) is 0 Å². The first-order chi connectivity index (χ1) is 11.4. The van der Waals surface area contributed by atoms with Crippen LogP contribution in [0.4, 0.5) is 13.2 Å². The van der Waals surface area contributed by atoms with Gasteiger partial charge in [0.1, 0.15) is 0 Å². The van der Waals surface area contributed by atoms with Gasteiger partial charge in [-0.05, 0) is 37.0 Å². The highest BCUT2D eigenvalue weighted by atomic mass is 35.5. The molecule has 8 heteroatoms. The van der Waals surface area contributed by atoms with Crippen molar-refractivity contribution in [2.75, 3.05) is 18.1 Å². The minimum atomic E-state index is -4.37. The summed E-state index contributed by atoms with van der Waals surface area (Å²) >= 11 is 1.82.